The van der Waals surface area contributed by atoms with E-state index in [2.05, 4.69) is 26.6 Å². The van der Waals surface area contributed by atoms with Gasteiger partial charge in [-0.25, -0.2) is 12.8 Å². The molecule has 9 nitrogen and oxygen atoms in total. The van der Waals surface area contributed by atoms with Gasteiger partial charge in [-0.2, -0.15) is 4.39 Å². The van der Waals surface area contributed by atoms with Gasteiger partial charge in [0.1, 0.15) is 9.79 Å². The molecule has 0 aliphatic carbocycles. The molecule has 256 valence electrons. The second-order valence-corrected chi connectivity index (χ2v) is 16.0. The molecule has 0 spiro atoms. The number of ether oxygens (including phenoxy) is 1. The van der Waals surface area contributed by atoms with Crippen LogP contribution < -0.4 is 9.64 Å². The predicted octanol–water partition coefficient (Wildman–Crippen LogP) is 4.55. The Bertz CT molecular complexity index is 1720. The molecule has 4 heterocycles. The predicted molar refractivity (Wildman–Crippen MR) is 181 cm³/mol. The molecule has 3 aliphatic rings. The molecule has 3 fully saturated rings. The Balaban J connectivity index is 1.25. The Morgan fingerprint density at radius 1 is 0.851 bits per heavy atom. The van der Waals surface area contributed by atoms with E-state index >= 15 is 4.39 Å². The zero-order chi connectivity index (χ0) is 33.3. The van der Waals surface area contributed by atoms with Crippen LogP contribution in [0.25, 0.3) is 10.9 Å². The molecule has 6 rings (SSSR count). The lowest BCUT2D eigenvalue weighted by Gasteiger charge is -2.46. The summed E-state index contributed by atoms with van der Waals surface area (Å²) in [5, 5.41) is 0.521. The summed E-state index contributed by atoms with van der Waals surface area (Å²) in [5.41, 5.74) is 0.926. The maximum absolute atomic E-state index is 15.3. The van der Waals surface area contributed by atoms with E-state index in [0.29, 0.717) is 46.7 Å². The normalized spacial score (nSPS) is 20.6. The molecule has 0 bridgehead atoms. The van der Waals surface area contributed by atoms with E-state index in [-0.39, 0.29) is 17.3 Å². The molecule has 0 N–H and O–H groups in total. The number of sulfone groups is 1. The standard InChI is InChI=1S/C34H45F2N5O4S2/c1-4-38-18-20-40(21-19-38)25-10-14-39(15-11-25)24-12-16-41(17-13-24)34-27-22-26(46(3)42)6-7-28(27)37-23-31(34)47(43,44)30-9-8-29(45-5-2)32(35)33(30)36/h6-9,22-25H,4-5,10-21H2,1-3H3. The van der Waals surface area contributed by atoms with Crippen molar-refractivity contribution in [3.63, 3.8) is 0 Å². The van der Waals surface area contributed by atoms with Crippen LogP contribution in [0.2, 0.25) is 0 Å². The van der Waals surface area contributed by atoms with Gasteiger partial charge in [0.15, 0.2) is 11.6 Å². The second-order valence-electron chi connectivity index (χ2n) is 12.7. The summed E-state index contributed by atoms with van der Waals surface area (Å²) in [4.78, 5) is 13.8. The molecular formula is C34H45F2N5O4S2. The minimum Gasteiger partial charge on any atom is -0.491 e. The fraction of sp³-hybridized carbons (Fsp3) is 0.559. The molecule has 3 aromatic rings. The van der Waals surface area contributed by atoms with Crippen molar-refractivity contribution in [2.45, 2.75) is 66.3 Å². The van der Waals surface area contributed by atoms with Crippen molar-refractivity contribution in [1.29, 1.82) is 0 Å². The Kier molecular flexibility index (Phi) is 10.5. The third kappa shape index (κ3) is 6.92. The number of hydrogen-bond acceptors (Lipinski definition) is 9. The number of pyridine rings is 1. The van der Waals surface area contributed by atoms with Gasteiger partial charge >= 0.3 is 0 Å². The molecule has 0 amide bonds. The number of rotatable bonds is 9. The molecule has 47 heavy (non-hydrogen) atoms. The van der Waals surface area contributed by atoms with Gasteiger partial charge in [0, 0.05) is 84.9 Å². The molecule has 1 atom stereocenters. The first-order chi connectivity index (χ1) is 22.6. The highest BCUT2D eigenvalue weighted by molar-refractivity contribution is 7.91. The number of nitrogens with zero attached hydrogens (tertiary/aromatic N) is 5. The van der Waals surface area contributed by atoms with Crippen molar-refractivity contribution < 1.29 is 26.1 Å². The van der Waals surface area contributed by atoms with Crippen LogP contribution in [0, 0.1) is 11.6 Å². The lowest BCUT2D eigenvalue weighted by Crippen LogP contribution is -2.55. The number of aromatic nitrogens is 1. The van der Waals surface area contributed by atoms with E-state index in [1.807, 2.05) is 4.90 Å². The molecule has 0 radical (unpaired) electrons. The monoisotopic (exact) mass is 689 g/mol. The van der Waals surface area contributed by atoms with Crippen molar-refractivity contribution in [2.24, 2.45) is 0 Å². The number of halogens is 2. The number of fused-ring (bicyclic) bond motifs is 1. The minimum absolute atomic E-state index is 0.104. The fourth-order valence-corrected chi connectivity index (χ4v) is 9.50. The quantitative estimate of drug-likeness (QED) is 0.321. The third-order valence-corrected chi connectivity index (χ3v) is 12.9. The molecule has 1 unspecified atom stereocenters. The van der Waals surface area contributed by atoms with Crippen molar-refractivity contribution in [3.8, 4) is 5.75 Å². The second kappa shape index (κ2) is 14.4. The Hall–Kier alpha value is -2.71. The van der Waals surface area contributed by atoms with Crippen LogP contribution >= 0.6 is 0 Å². The zero-order valence-electron chi connectivity index (χ0n) is 27.5. The number of piperazine rings is 1. The van der Waals surface area contributed by atoms with Crippen molar-refractivity contribution in [1.82, 2.24) is 19.7 Å². The first-order valence-corrected chi connectivity index (χ1v) is 19.7. The summed E-state index contributed by atoms with van der Waals surface area (Å²) < 4.78 is 76.1. The SMILES string of the molecule is CCOc1ccc(S(=O)(=O)c2cnc3ccc(S(C)=O)cc3c2N2CCC(N3CCC(N4CCN(CC)CC4)CC3)CC2)c(F)c1F. The molecule has 0 saturated carbocycles. The Labute approximate surface area is 279 Å². The van der Waals surface area contributed by atoms with Gasteiger partial charge < -0.3 is 19.4 Å². The summed E-state index contributed by atoms with van der Waals surface area (Å²) in [6.07, 6.45) is 6.80. The highest BCUT2D eigenvalue weighted by Gasteiger charge is 2.35. The van der Waals surface area contributed by atoms with Gasteiger partial charge in [-0.3, -0.25) is 14.1 Å². The molecule has 13 heteroatoms. The van der Waals surface area contributed by atoms with Gasteiger partial charge in [-0.15, -0.1) is 0 Å². The van der Waals surface area contributed by atoms with Gasteiger partial charge in [0.25, 0.3) is 0 Å². The Morgan fingerprint density at radius 2 is 1.49 bits per heavy atom. The maximum atomic E-state index is 15.3. The van der Waals surface area contributed by atoms with Crippen molar-refractivity contribution in [3.05, 3.63) is 48.2 Å². The fourth-order valence-electron chi connectivity index (χ4n) is 7.46. The van der Waals surface area contributed by atoms with Crippen LogP contribution in [-0.2, 0) is 20.6 Å². The smallest absolute Gasteiger partial charge is 0.213 e. The van der Waals surface area contributed by atoms with Gasteiger partial charge in [-0.1, -0.05) is 6.92 Å². The number of likely N-dealkylation sites (N-methyl/N-ethyl adjacent to an activating group) is 1. The minimum atomic E-state index is -4.55. The average molecular weight is 690 g/mol. The number of anilines is 1. The van der Waals surface area contributed by atoms with Crippen molar-refractivity contribution in [2.75, 3.05) is 76.7 Å². The summed E-state index contributed by atoms with van der Waals surface area (Å²) in [6, 6.07) is 8.34. The van der Waals surface area contributed by atoms with Crippen LogP contribution in [0.5, 0.6) is 5.75 Å². The van der Waals surface area contributed by atoms with E-state index in [1.54, 1.807) is 31.4 Å². The summed E-state index contributed by atoms with van der Waals surface area (Å²) in [7, 11) is -5.88. The largest absolute Gasteiger partial charge is 0.491 e. The molecule has 3 saturated heterocycles. The Morgan fingerprint density at radius 3 is 2.11 bits per heavy atom. The van der Waals surface area contributed by atoms with E-state index in [4.69, 9.17) is 4.74 Å². The van der Waals surface area contributed by atoms with Crippen molar-refractivity contribution >= 4 is 37.2 Å². The van der Waals surface area contributed by atoms with Crippen LogP contribution in [-0.4, -0.2) is 116 Å². The van der Waals surface area contributed by atoms with E-state index in [9.17, 15) is 17.0 Å². The molecular weight excluding hydrogens is 645 g/mol. The van der Waals surface area contributed by atoms with E-state index in [1.165, 1.54) is 6.20 Å². The first kappa shape index (κ1) is 34.2. The van der Waals surface area contributed by atoms with Crippen LogP contribution in [0.15, 0.2) is 51.2 Å². The van der Waals surface area contributed by atoms with Gasteiger partial charge in [0.2, 0.25) is 15.7 Å². The maximum Gasteiger partial charge on any atom is 0.213 e. The highest BCUT2D eigenvalue weighted by Crippen LogP contribution is 2.40. The topological polar surface area (TPSA) is 86.3 Å². The van der Waals surface area contributed by atoms with Gasteiger partial charge in [0.05, 0.1) is 17.8 Å². The zero-order valence-corrected chi connectivity index (χ0v) is 29.1. The average Bonchev–Trinajstić information content (AvgIpc) is 3.09. The summed E-state index contributed by atoms with van der Waals surface area (Å²) in [6.45, 7) is 12.9. The lowest BCUT2D eigenvalue weighted by atomic mass is 9.96. The highest BCUT2D eigenvalue weighted by atomic mass is 32.2. The number of hydrogen-bond donors (Lipinski definition) is 0. The van der Waals surface area contributed by atoms with Crippen LogP contribution in [0.3, 0.4) is 0 Å². The lowest BCUT2D eigenvalue weighted by molar-refractivity contribution is 0.0449. The number of likely N-dealkylation sites (tertiary alicyclic amines) is 1. The van der Waals surface area contributed by atoms with Crippen LogP contribution in [0.4, 0.5) is 14.5 Å². The van der Waals surface area contributed by atoms with E-state index < -0.39 is 37.2 Å². The number of piperidine rings is 2. The summed E-state index contributed by atoms with van der Waals surface area (Å²) in [5.74, 6) is -3.18. The molecule has 2 aromatic carbocycles. The summed E-state index contributed by atoms with van der Waals surface area (Å²) >= 11 is 0. The molecule has 3 aliphatic heterocycles. The third-order valence-electron chi connectivity index (χ3n) is 10.2. The van der Waals surface area contributed by atoms with E-state index in [0.717, 1.165) is 83.6 Å². The molecule has 1 aromatic heterocycles. The van der Waals surface area contributed by atoms with Crippen LogP contribution in [0.1, 0.15) is 39.5 Å². The number of benzene rings is 2. The van der Waals surface area contributed by atoms with Gasteiger partial charge in [-0.05, 0) is 82.6 Å². The first-order valence-electron chi connectivity index (χ1n) is 16.7.